The van der Waals surface area contributed by atoms with Gasteiger partial charge in [-0.25, -0.2) is 4.98 Å². The van der Waals surface area contributed by atoms with Crippen molar-refractivity contribution in [1.82, 2.24) is 14.9 Å². The lowest BCUT2D eigenvalue weighted by atomic mass is 10.1. The number of piperidine rings is 1. The first-order chi connectivity index (χ1) is 11.7. The molecular weight excluding hydrogens is 324 g/mol. The molecule has 0 amide bonds. The number of ether oxygens (including phenoxy) is 2. The molecule has 6 nitrogen and oxygen atoms in total. The van der Waals surface area contributed by atoms with Gasteiger partial charge in [0, 0.05) is 44.4 Å². The number of methoxy groups -OCH3 is 1. The van der Waals surface area contributed by atoms with Gasteiger partial charge in [0.1, 0.15) is 11.9 Å². The van der Waals surface area contributed by atoms with E-state index in [9.17, 15) is 0 Å². The maximum absolute atomic E-state index is 5.97. The number of hydrogen-bond acceptors (Lipinski definition) is 5. The van der Waals surface area contributed by atoms with Gasteiger partial charge in [-0.1, -0.05) is 0 Å². The highest BCUT2D eigenvalue weighted by atomic mass is 32.1. The predicted octanol–water partition coefficient (Wildman–Crippen LogP) is 2.73. The molecule has 1 saturated heterocycles. The normalized spacial score (nSPS) is 15.0. The van der Waals surface area contributed by atoms with Gasteiger partial charge in [0.2, 0.25) is 5.88 Å². The Balaban J connectivity index is 1.47. The van der Waals surface area contributed by atoms with Crippen molar-refractivity contribution in [2.75, 3.05) is 25.5 Å². The van der Waals surface area contributed by atoms with Crippen molar-refractivity contribution in [2.24, 2.45) is 0 Å². The number of nitrogens with one attached hydrogen (secondary N) is 1. The summed E-state index contributed by atoms with van der Waals surface area (Å²) in [6.45, 7) is 1.73. The van der Waals surface area contributed by atoms with Gasteiger partial charge in [0.05, 0.1) is 19.0 Å². The van der Waals surface area contributed by atoms with E-state index < -0.39 is 0 Å². The summed E-state index contributed by atoms with van der Waals surface area (Å²) >= 11 is 5.49. The fraction of sp³-hybridized carbons (Fsp3) is 0.353. The van der Waals surface area contributed by atoms with Gasteiger partial charge in [-0.05, 0) is 30.4 Å². The van der Waals surface area contributed by atoms with E-state index in [0.717, 1.165) is 37.4 Å². The van der Waals surface area contributed by atoms with Gasteiger partial charge in [-0.15, -0.1) is 0 Å². The molecule has 0 aliphatic carbocycles. The summed E-state index contributed by atoms with van der Waals surface area (Å²) in [6, 6.07) is 7.47. The Morgan fingerprint density at radius 3 is 2.58 bits per heavy atom. The first-order valence-corrected chi connectivity index (χ1v) is 8.28. The lowest BCUT2D eigenvalue weighted by Gasteiger charge is -2.33. The minimum Gasteiger partial charge on any atom is -0.490 e. The van der Waals surface area contributed by atoms with Crippen LogP contribution in [0.15, 0.2) is 42.9 Å². The molecule has 2 aromatic rings. The highest BCUT2D eigenvalue weighted by molar-refractivity contribution is 7.80. The van der Waals surface area contributed by atoms with Crippen molar-refractivity contribution in [2.45, 2.75) is 18.9 Å². The summed E-state index contributed by atoms with van der Waals surface area (Å²) in [5.41, 5.74) is 0.857. The van der Waals surface area contributed by atoms with Crippen LogP contribution in [0, 0.1) is 0 Å². The quantitative estimate of drug-likeness (QED) is 0.856. The number of anilines is 1. The fourth-order valence-electron chi connectivity index (χ4n) is 2.56. The molecule has 0 spiro atoms. The Bertz CT molecular complexity index is 658. The SMILES string of the molecule is COc1ccc(NC(=S)N2CCC(Oc3ccncc3)CC2)cn1. The van der Waals surface area contributed by atoms with Crippen molar-refractivity contribution in [1.29, 1.82) is 0 Å². The number of pyridine rings is 2. The summed E-state index contributed by atoms with van der Waals surface area (Å²) in [7, 11) is 1.60. The second kappa shape index (κ2) is 7.92. The summed E-state index contributed by atoms with van der Waals surface area (Å²) in [4.78, 5) is 10.3. The molecule has 1 N–H and O–H groups in total. The molecule has 7 heteroatoms. The lowest BCUT2D eigenvalue weighted by molar-refractivity contribution is 0.132. The van der Waals surface area contributed by atoms with Crippen LogP contribution in [0.5, 0.6) is 11.6 Å². The summed E-state index contributed by atoms with van der Waals surface area (Å²) in [6.07, 6.45) is 7.29. The Hall–Kier alpha value is -2.41. The maximum Gasteiger partial charge on any atom is 0.213 e. The highest BCUT2D eigenvalue weighted by Crippen LogP contribution is 2.19. The third-order valence-corrected chi connectivity index (χ3v) is 4.24. The van der Waals surface area contributed by atoms with Crippen LogP contribution < -0.4 is 14.8 Å². The summed E-state index contributed by atoms with van der Waals surface area (Å²) in [5, 5.41) is 3.93. The van der Waals surface area contributed by atoms with Crippen LogP contribution in [0.25, 0.3) is 0 Å². The molecule has 0 bridgehead atoms. The molecule has 2 aromatic heterocycles. The minimum absolute atomic E-state index is 0.217. The number of aromatic nitrogens is 2. The molecule has 0 radical (unpaired) electrons. The van der Waals surface area contributed by atoms with E-state index in [1.54, 1.807) is 31.8 Å². The monoisotopic (exact) mass is 344 g/mol. The molecule has 0 aromatic carbocycles. The van der Waals surface area contributed by atoms with Gasteiger partial charge in [0.15, 0.2) is 5.11 Å². The zero-order valence-corrected chi connectivity index (χ0v) is 14.3. The van der Waals surface area contributed by atoms with Crippen molar-refractivity contribution in [3.05, 3.63) is 42.9 Å². The highest BCUT2D eigenvalue weighted by Gasteiger charge is 2.22. The molecule has 1 aliphatic heterocycles. The van der Waals surface area contributed by atoms with Crippen LogP contribution in [-0.2, 0) is 0 Å². The van der Waals surface area contributed by atoms with Gasteiger partial charge in [-0.3, -0.25) is 4.98 Å². The second-order valence-electron chi connectivity index (χ2n) is 5.51. The van der Waals surface area contributed by atoms with Gasteiger partial charge >= 0.3 is 0 Å². The largest absolute Gasteiger partial charge is 0.490 e. The van der Waals surface area contributed by atoms with Gasteiger partial charge in [0.25, 0.3) is 0 Å². The van der Waals surface area contributed by atoms with Crippen molar-refractivity contribution in [3.63, 3.8) is 0 Å². The zero-order chi connectivity index (χ0) is 16.8. The number of likely N-dealkylation sites (tertiary alicyclic amines) is 1. The van der Waals surface area contributed by atoms with Crippen molar-refractivity contribution < 1.29 is 9.47 Å². The smallest absolute Gasteiger partial charge is 0.213 e. The zero-order valence-electron chi connectivity index (χ0n) is 13.5. The number of thiocarbonyl (C=S) groups is 1. The summed E-state index contributed by atoms with van der Waals surface area (Å²) < 4.78 is 11.0. The minimum atomic E-state index is 0.217. The molecule has 1 fully saturated rings. The van der Waals surface area contributed by atoms with Crippen LogP contribution in [0.1, 0.15) is 12.8 Å². The molecule has 0 atom stereocenters. The third-order valence-electron chi connectivity index (χ3n) is 3.88. The first-order valence-electron chi connectivity index (χ1n) is 7.87. The number of hydrogen-bond donors (Lipinski definition) is 1. The van der Waals surface area contributed by atoms with E-state index in [1.807, 2.05) is 18.2 Å². The average Bonchev–Trinajstić information content (AvgIpc) is 2.64. The van der Waals surface area contributed by atoms with E-state index in [0.29, 0.717) is 11.0 Å². The van der Waals surface area contributed by atoms with Gasteiger partial charge < -0.3 is 19.7 Å². The Morgan fingerprint density at radius 2 is 1.96 bits per heavy atom. The van der Waals surface area contributed by atoms with Crippen LogP contribution in [0.2, 0.25) is 0 Å². The van der Waals surface area contributed by atoms with E-state index >= 15 is 0 Å². The van der Waals surface area contributed by atoms with E-state index in [2.05, 4.69) is 20.2 Å². The Morgan fingerprint density at radius 1 is 1.21 bits per heavy atom. The van der Waals surface area contributed by atoms with Gasteiger partial charge in [-0.2, -0.15) is 0 Å². The fourth-order valence-corrected chi connectivity index (χ4v) is 2.86. The molecule has 126 valence electrons. The third kappa shape index (κ3) is 4.32. The lowest BCUT2D eigenvalue weighted by Crippen LogP contribution is -2.43. The molecule has 1 aliphatic rings. The number of nitrogens with zero attached hydrogens (tertiary/aromatic N) is 3. The Labute approximate surface area is 146 Å². The molecule has 3 heterocycles. The van der Waals surface area contributed by atoms with Crippen LogP contribution >= 0.6 is 12.2 Å². The molecule has 3 rings (SSSR count). The Kier molecular flexibility index (Phi) is 5.43. The van der Waals surface area contributed by atoms with Crippen LogP contribution in [-0.4, -0.2) is 46.3 Å². The standard InChI is InChI=1S/C17H20N4O2S/c1-22-16-3-2-13(12-19-16)20-17(24)21-10-6-15(7-11-21)23-14-4-8-18-9-5-14/h2-5,8-9,12,15H,6-7,10-11H2,1H3,(H,20,24). The first kappa shape index (κ1) is 16.4. The number of rotatable bonds is 4. The van der Waals surface area contributed by atoms with E-state index in [-0.39, 0.29) is 6.10 Å². The molecular formula is C17H20N4O2S. The van der Waals surface area contributed by atoms with Crippen molar-refractivity contribution in [3.8, 4) is 11.6 Å². The average molecular weight is 344 g/mol. The maximum atomic E-state index is 5.97. The second-order valence-corrected chi connectivity index (χ2v) is 5.89. The van der Waals surface area contributed by atoms with Crippen molar-refractivity contribution >= 4 is 23.0 Å². The van der Waals surface area contributed by atoms with Crippen LogP contribution in [0.4, 0.5) is 5.69 Å². The molecule has 0 unspecified atom stereocenters. The summed E-state index contributed by atoms with van der Waals surface area (Å²) in [5.74, 6) is 1.45. The molecule has 0 saturated carbocycles. The predicted molar refractivity (Wildman–Crippen MR) is 96.5 cm³/mol. The van der Waals surface area contributed by atoms with Crippen LogP contribution in [0.3, 0.4) is 0 Å². The molecule has 24 heavy (non-hydrogen) atoms. The van der Waals surface area contributed by atoms with E-state index in [1.165, 1.54) is 0 Å². The van der Waals surface area contributed by atoms with E-state index in [4.69, 9.17) is 21.7 Å². The topological polar surface area (TPSA) is 59.5 Å².